The first-order chi connectivity index (χ1) is 6.98. The zero-order valence-electron chi connectivity index (χ0n) is 7.62. The second-order valence-corrected chi connectivity index (χ2v) is 4.26. The van der Waals surface area contributed by atoms with Crippen molar-refractivity contribution in [1.82, 2.24) is 30.4 Å². The number of H-pyrrole nitrogens is 1. The molecule has 0 aliphatic rings. The first-order valence-corrected chi connectivity index (χ1v) is 5.33. The molecule has 80 valence electrons. The fraction of sp³-hybridized carbons (Fsp3) is 0.200. The molecule has 0 aliphatic heterocycles. The third kappa shape index (κ3) is 1.71. The second-order valence-electron chi connectivity index (χ2n) is 2.76. The Hall–Kier alpha value is -1.81. The number of hydrogen-bond donors (Lipinski definition) is 2. The standard InChI is InChI=1S/C5H7N7O2S/c1-12-10-4(8-11-12)3-2-7-9-5(3)15(6,13)14/h2H,1H3,(H,7,9)(H2,6,13,14). The third-order valence-corrected chi connectivity index (χ3v) is 2.52. The zero-order chi connectivity index (χ0) is 11.1. The van der Waals surface area contributed by atoms with E-state index < -0.39 is 10.0 Å². The van der Waals surface area contributed by atoms with Crippen molar-refractivity contribution in [2.75, 3.05) is 0 Å². The average molecular weight is 229 g/mol. The van der Waals surface area contributed by atoms with Gasteiger partial charge in [0.15, 0.2) is 5.03 Å². The van der Waals surface area contributed by atoms with Gasteiger partial charge in [-0.05, 0) is 5.21 Å². The Balaban J connectivity index is 2.60. The van der Waals surface area contributed by atoms with E-state index in [9.17, 15) is 8.42 Å². The molecule has 0 fully saturated rings. The van der Waals surface area contributed by atoms with Crippen molar-refractivity contribution in [3.05, 3.63) is 6.20 Å². The first kappa shape index (κ1) is 9.73. The van der Waals surface area contributed by atoms with Crippen LogP contribution in [0.4, 0.5) is 0 Å². The fourth-order valence-corrected chi connectivity index (χ4v) is 1.67. The van der Waals surface area contributed by atoms with Gasteiger partial charge in [-0.25, -0.2) is 13.6 Å². The summed E-state index contributed by atoms with van der Waals surface area (Å²) < 4.78 is 22.2. The van der Waals surface area contributed by atoms with Crippen LogP contribution in [0.25, 0.3) is 11.4 Å². The van der Waals surface area contributed by atoms with Gasteiger partial charge >= 0.3 is 0 Å². The van der Waals surface area contributed by atoms with Crippen LogP contribution in [0, 0.1) is 0 Å². The van der Waals surface area contributed by atoms with Crippen LogP contribution in [-0.4, -0.2) is 38.8 Å². The van der Waals surface area contributed by atoms with Crippen LogP contribution in [0.2, 0.25) is 0 Å². The maximum Gasteiger partial charge on any atom is 0.255 e. The van der Waals surface area contributed by atoms with Gasteiger partial charge in [-0.3, -0.25) is 5.10 Å². The van der Waals surface area contributed by atoms with E-state index in [2.05, 4.69) is 25.6 Å². The quantitative estimate of drug-likeness (QED) is 0.627. The number of rotatable bonds is 2. The van der Waals surface area contributed by atoms with Gasteiger partial charge in [-0.15, -0.1) is 10.2 Å². The molecule has 0 radical (unpaired) electrons. The molecule has 0 unspecified atom stereocenters. The van der Waals surface area contributed by atoms with E-state index in [1.165, 1.54) is 11.0 Å². The lowest BCUT2D eigenvalue weighted by atomic mass is 10.3. The molecule has 9 nitrogen and oxygen atoms in total. The number of tetrazole rings is 1. The topological polar surface area (TPSA) is 132 Å². The van der Waals surface area contributed by atoms with Gasteiger partial charge in [0.2, 0.25) is 5.82 Å². The molecule has 10 heteroatoms. The molecule has 0 amide bonds. The lowest BCUT2D eigenvalue weighted by molar-refractivity contribution is 0.594. The number of nitrogens with one attached hydrogen (secondary N) is 1. The van der Waals surface area contributed by atoms with Crippen molar-refractivity contribution in [2.45, 2.75) is 5.03 Å². The van der Waals surface area contributed by atoms with E-state index in [0.717, 1.165) is 0 Å². The summed E-state index contributed by atoms with van der Waals surface area (Å²) in [6.45, 7) is 0. The Morgan fingerprint density at radius 2 is 2.27 bits per heavy atom. The summed E-state index contributed by atoms with van der Waals surface area (Å²) in [4.78, 5) is 1.20. The molecular formula is C5H7N7O2S. The first-order valence-electron chi connectivity index (χ1n) is 3.79. The normalized spacial score (nSPS) is 11.9. The monoisotopic (exact) mass is 229 g/mol. The maximum atomic E-state index is 11.1. The molecule has 0 atom stereocenters. The number of aryl methyl sites for hydroxylation is 1. The van der Waals surface area contributed by atoms with E-state index in [1.807, 2.05) is 0 Å². The molecular weight excluding hydrogens is 222 g/mol. The van der Waals surface area contributed by atoms with Crippen molar-refractivity contribution < 1.29 is 8.42 Å². The van der Waals surface area contributed by atoms with Crippen LogP contribution >= 0.6 is 0 Å². The number of aromatic nitrogens is 6. The van der Waals surface area contributed by atoms with Crippen molar-refractivity contribution in [3.63, 3.8) is 0 Å². The van der Waals surface area contributed by atoms with Crippen molar-refractivity contribution in [2.24, 2.45) is 12.2 Å². The van der Waals surface area contributed by atoms with Crippen LogP contribution in [0.3, 0.4) is 0 Å². The molecule has 2 aromatic heterocycles. The minimum Gasteiger partial charge on any atom is -0.266 e. The molecule has 0 spiro atoms. The summed E-state index contributed by atoms with van der Waals surface area (Å²) in [5.41, 5.74) is 0.200. The minimum atomic E-state index is -3.86. The fourth-order valence-electron chi connectivity index (χ4n) is 1.04. The predicted molar refractivity (Wildman–Crippen MR) is 47.8 cm³/mol. The van der Waals surface area contributed by atoms with Crippen LogP contribution in [0.5, 0.6) is 0 Å². The summed E-state index contributed by atoms with van der Waals surface area (Å²) in [5, 5.41) is 21.7. The molecule has 0 aromatic carbocycles. The Labute approximate surface area is 84.3 Å². The average Bonchev–Trinajstić information content (AvgIpc) is 2.68. The van der Waals surface area contributed by atoms with E-state index in [4.69, 9.17) is 5.14 Å². The number of sulfonamides is 1. The van der Waals surface area contributed by atoms with Gasteiger partial charge in [0.1, 0.15) is 0 Å². The summed E-state index contributed by atoms with van der Waals surface area (Å²) in [6.07, 6.45) is 1.27. The van der Waals surface area contributed by atoms with Crippen LogP contribution in [0.1, 0.15) is 0 Å². The third-order valence-electron chi connectivity index (χ3n) is 1.64. The molecule has 0 bridgehead atoms. The van der Waals surface area contributed by atoms with Gasteiger partial charge in [-0.2, -0.15) is 9.90 Å². The predicted octanol–water partition coefficient (Wildman–Crippen LogP) is -1.75. The molecule has 2 heterocycles. The largest absolute Gasteiger partial charge is 0.266 e. The molecule has 15 heavy (non-hydrogen) atoms. The summed E-state index contributed by atoms with van der Waals surface area (Å²) in [7, 11) is -2.30. The minimum absolute atomic E-state index is 0.148. The van der Waals surface area contributed by atoms with Gasteiger partial charge in [-0.1, -0.05) is 0 Å². The van der Waals surface area contributed by atoms with E-state index in [1.54, 1.807) is 7.05 Å². The highest BCUT2D eigenvalue weighted by Gasteiger charge is 2.20. The number of hydrogen-bond acceptors (Lipinski definition) is 6. The van der Waals surface area contributed by atoms with E-state index in [-0.39, 0.29) is 16.4 Å². The second kappa shape index (κ2) is 3.10. The van der Waals surface area contributed by atoms with Crippen LogP contribution < -0.4 is 5.14 Å². The smallest absolute Gasteiger partial charge is 0.255 e. The maximum absolute atomic E-state index is 11.1. The molecule has 2 aromatic rings. The Morgan fingerprint density at radius 1 is 1.53 bits per heavy atom. The van der Waals surface area contributed by atoms with Crippen molar-refractivity contribution in [1.29, 1.82) is 0 Å². The Kier molecular flexibility index (Phi) is 2.01. The SMILES string of the molecule is Cn1nnc(-c2cn[nH]c2S(N)(=O)=O)n1. The summed E-state index contributed by atoms with van der Waals surface area (Å²) in [6, 6.07) is 0. The Morgan fingerprint density at radius 3 is 2.80 bits per heavy atom. The molecule has 0 saturated heterocycles. The number of primary sulfonamides is 1. The van der Waals surface area contributed by atoms with E-state index in [0.29, 0.717) is 0 Å². The summed E-state index contributed by atoms with van der Waals surface area (Å²) >= 11 is 0. The number of nitrogens with zero attached hydrogens (tertiary/aromatic N) is 5. The molecule has 3 N–H and O–H groups in total. The molecule has 0 saturated carbocycles. The van der Waals surface area contributed by atoms with Gasteiger partial charge in [0.25, 0.3) is 10.0 Å². The molecule has 2 rings (SSSR count). The number of aromatic amines is 1. The van der Waals surface area contributed by atoms with E-state index >= 15 is 0 Å². The van der Waals surface area contributed by atoms with Gasteiger partial charge in [0.05, 0.1) is 18.8 Å². The van der Waals surface area contributed by atoms with Crippen LogP contribution in [-0.2, 0) is 17.1 Å². The highest BCUT2D eigenvalue weighted by molar-refractivity contribution is 7.89. The number of nitrogens with two attached hydrogens (primary N) is 1. The highest BCUT2D eigenvalue weighted by Crippen LogP contribution is 2.19. The van der Waals surface area contributed by atoms with Crippen molar-refractivity contribution >= 4 is 10.0 Å². The lowest BCUT2D eigenvalue weighted by Crippen LogP contribution is -2.13. The lowest BCUT2D eigenvalue weighted by Gasteiger charge is -1.94. The van der Waals surface area contributed by atoms with Crippen molar-refractivity contribution in [3.8, 4) is 11.4 Å². The molecule has 0 aliphatic carbocycles. The van der Waals surface area contributed by atoms with Gasteiger partial charge in [0, 0.05) is 0 Å². The van der Waals surface area contributed by atoms with Crippen LogP contribution in [0.15, 0.2) is 11.2 Å². The Bertz CT molecular complexity index is 582. The van der Waals surface area contributed by atoms with Gasteiger partial charge < -0.3 is 0 Å². The highest BCUT2D eigenvalue weighted by atomic mass is 32.2. The summed E-state index contributed by atoms with van der Waals surface area (Å²) in [5.74, 6) is 0.148. The zero-order valence-corrected chi connectivity index (χ0v) is 8.43.